The van der Waals surface area contributed by atoms with Gasteiger partial charge >= 0.3 is 5.97 Å². The van der Waals surface area contributed by atoms with Crippen molar-refractivity contribution < 1.29 is 9.90 Å². The van der Waals surface area contributed by atoms with Crippen LogP contribution in [0.3, 0.4) is 0 Å². The highest BCUT2D eigenvalue weighted by atomic mass is 35.5. The van der Waals surface area contributed by atoms with Crippen molar-refractivity contribution in [3.63, 3.8) is 0 Å². The van der Waals surface area contributed by atoms with Crippen LogP contribution in [0, 0.1) is 10.8 Å². The van der Waals surface area contributed by atoms with E-state index in [1.54, 1.807) is 18.2 Å². The van der Waals surface area contributed by atoms with Gasteiger partial charge in [-0.3, -0.25) is 4.90 Å². The molecule has 3 rings (SSSR count). The number of halogens is 2. The van der Waals surface area contributed by atoms with Crippen molar-refractivity contribution in [2.45, 2.75) is 56.2 Å². The van der Waals surface area contributed by atoms with E-state index in [0.717, 1.165) is 37.6 Å². The molecule has 1 aliphatic rings. The number of carboxylic acids is 1. The van der Waals surface area contributed by atoms with Crippen molar-refractivity contribution >= 4 is 52.5 Å². The van der Waals surface area contributed by atoms with Crippen LogP contribution < -0.4 is 5.32 Å². The number of benzene rings is 2. The summed E-state index contributed by atoms with van der Waals surface area (Å²) >= 11 is 13.8. The lowest BCUT2D eigenvalue weighted by Crippen LogP contribution is -2.56. The molecule has 1 fully saturated rings. The number of likely N-dealkylation sites (N-methyl/N-ethyl adjacent to an activating group) is 1. The van der Waals surface area contributed by atoms with Crippen LogP contribution >= 0.6 is 35.1 Å². The lowest BCUT2D eigenvalue weighted by Gasteiger charge is -2.47. The van der Waals surface area contributed by atoms with Crippen LogP contribution in [0.5, 0.6) is 0 Å². The Morgan fingerprint density at radius 3 is 2.50 bits per heavy atom. The van der Waals surface area contributed by atoms with E-state index in [4.69, 9.17) is 23.2 Å². The summed E-state index contributed by atoms with van der Waals surface area (Å²) in [6.45, 7) is 4.42. The second-order valence-electron chi connectivity index (χ2n) is 9.02. The Morgan fingerprint density at radius 2 is 1.91 bits per heavy atom. The van der Waals surface area contributed by atoms with Gasteiger partial charge in [0.2, 0.25) is 0 Å². The standard InChI is InChI=1S/C25H31Cl2N3O3S/c1-4-25(23(31)32,30(3)16-24(34-29-33)15-8-7-10-17(24)2)18-11-5-6-14-21(18)28-22-19(26)12-9-13-20(22)27/h5-6,9,11-14,17,28H,4,7-8,10,15-16H2,1-3H3,(H,31,32). The largest absolute Gasteiger partial charge is 0.480 e. The Hall–Kier alpha value is -1.80. The third kappa shape index (κ3) is 5.08. The van der Waals surface area contributed by atoms with Crippen molar-refractivity contribution in [1.29, 1.82) is 0 Å². The van der Waals surface area contributed by atoms with E-state index in [1.165, 1.54) is 0 Å². The third-order valence-electron chi connectivity index (χ3n) is 7.22. The molecule has 6 nitrogen and oxygen atoms in total. The Morgan fingerprint density at radius 1 is 1.24 bits per heavy atom. The highest BCUT2D eigenvalue weighted by molar-refractivity contribution is 7.99. The van der Waals surface area contributed by atoms with Crippen LogP contribution in [0.25, 0.3) is 0 Å². The first-order valence-electron chi connectivity index (χ1n) is 11.5. The van der Waals surface area contributed by atoms with Gasteiger partial charge in [-0.2, -0.15) is 0 Å². The number of hydrogen-bond acceptors (Lipinski definition) is 6. The molecular weight excluding hydrogens is 493 g/mol. The normalized spacial score (nSPS) is 22.2. The van der Waals surface area contributed by atoms with Crippen molar-refractivity contribution in [2.75, 3.05) is 18.9 Å². The second kappa shape index (κ2) is 11.3. The number of aliphatic carboxylic acids is 1. The van der Waals surface area contributed by atoms with E-state index < -0.39 is 16.3 Å². The van der Waals surface area contributed by atoms with E-state index >= 15 is 0 Å². The molecule has 0 bridgehead atoms. The molecule has 184 valence electrons. The summed E-state index contributed by atoms with van der Waals surface area (Å²) in [5, 5.41) is 14.8. The summed E-state index contributed by atoms with van der Waals surface area (Å²) < 4.78 is 2.77. The van der Waals surface area contributed by atoms with E-state index in [2.05, 4.69) is 16.8 Å². The van der Waals surface area contributed by atoms with E-state index in [9.17, 15) is 14.8 Å². The molecule has 0 aliphatic heterocycles. The van der Waals surface area contributed by atoms with Crippen LogP contribution in [0.2, 0.25) is 10.0 Å². The highest BCUT2D eigenvalue weighted by Crippen LogP contribution is 2.48. The van der Waals surface area contributed by atoms with Gasteiger partial charge in [-0.05, 0) is 50.4 Å². The van der Waals surface area contributed by atoms with Gasteiger partial charge in [-0.1, -0.05) is 74.2 Å². The predicted octanol–water partition coefficient (Wildman–Crippen LogP) is 7.72. The zero-order chi connectivity index (χ0) is 24.9. The van der Waals surface area contributed by atoms with E-state index in [1.807, 2.05) is 43.1 Å². The van der Waals surface area contributed by atoms with Crippen molar-refractivity contribution in [2.24, 2.45) is 10.5 Å². The first-order chi connectivity index (χ1) is 16.2. The second-order valence-corrected chi connectivity index (χ2v) is 11.0. The van der Waals surface area contributed by atoms with Crippen LogP contribution in [0.15, 0.2) is 47.0 Å². The fourth-order valence-corrected chi connectivity index (χ4v) is 6.62. The fourth-order valence-electron chi connectivity index (χ4n) is 5.19. The first-order valence-corrected chi connectivity index (χ1v) is 13.0. The lowest BCUT2D eigenvalue weighted by atomic mass is 9.77. The lowest BCUT2D eigenvalue weighted by molar-refractivity contribution is -0.152. The number of carboxylic acid groups (broad SMARTS) is 1. The average Bonchev–Trinajstić information content (AvgIpc) is 2.80. The molecule has 0 saturated heterocycles. The Labute approximate surface area is 215 Å². The van der Waals surface area contributed by atoms with E-state index in [0.29, 0.717) is 39.9 Å². The molecule has 2 aromatic rings. The number of nitrogens with one attached hydrogen (secondary N) is 1. The van der Waals surface area contributed by atoms with Gasteiger partial charge in [0.1, 0.15) is 5.54 Å². The Balaban J connectivity index is 2.08. The molecule has 0 spiro atoms. The number of para-hydroxylation sites is 2. The molecule has 0 aromatic heterocycles. The van der Waals surface area contributed by atoms with Crippen LogP contribution in [-0.2, 0) is 10.3 Å². The van der Waals surface area contributed by atoms with Crippen LogP contribution in [0.1, 0.15) is 51.5 Å². The van der Waals surface area contributed by atoms with Crippen molar-refractivity contribution in [1.82, 2.24) is 4.90 Å². The maximum absolute atomic E-state index is 13.0. The smallest absolute Gasteiger partial charge is 0.328 e. The highest BCUT2D eigenvalue weighted by Gasteiger charge is 2.49. The molecule has 1 saturated carbocycles. The molecule has 2 aromatic carbocycles. The van der Waals surface area contributed by atoms with Gasteiger partial charge in [0.15, 0.2) is 0 Å². The molecule has 2 N–H and O–H groups in total. The minimum absolute atomic E-state index is 0.241. The van der Waals surface area contributed by atoms with Gasteiger partial charge in [-0.15, -0.1) is 4.91 Å². The predicted molar refractivity (Wildman–Crippen MR) is 142 cm³/mol. The van der Waals surface area contributed by atoms with Gasteiger partial charge in [-0.25, -0.2) is 4.79 Å². The summed E-state index contributed by atoms with van der Waals surface area (Å²) in [6, 6.07) is 12.5. The summed E-state index contributed by atoms with van der Waals surface area (Å²) in [4.78, 5) is 26.3. The maximum Gasteiger partial charge on any atom is 0.328 e. The number of nitrogens with zero attached hydrogens (tertiary/aromatic N) is 2. The van der Waals surface area contributed by atoms with E-state index in [-0.39, 0.29) is 5.92 Å². The van der Waals surface area contributed by atoms with Gasteiger partial charge in [0, 0.05) is 34.3 Å². The molecule has 0 radical (unpaired) electrons. The van der Waals surface area contributed by atoms with Crippen molar-refractivity contribution in [3.05, 3.63) is 63.0 Å². The van der Waals surface area contributed by atoms with Gasteiger partial charge < -0.3 is 10.4 Å². The SMILES string of the molecule is CCC(C(=O)O)(c1ccccc1Nc1c(Cl)cccc1Cl)N(C)CC1(SN=O)CCCCC1C. The van der Waals surface area contributed by atoms with Crippen molar-refractivity contribution in [3.8, 4) is 0 Å². The molecule has 0 heterocycles. The van der Waals surface area contributed by atoms with Gasteiger partial charge in [0.25, 0.3) is 0 Å². The molecule has 0 amide bonds. The summed E-state index contributed by atoms with van der Waals surface area (Å²) in [7, 11) is 1.82. The van der Waals surface area contributed by atoms with Crippen LogP contribution in [-0.4, -0.2) is 34.3 Å². The number of nitroso groups, excluding NO2 is 1. The summed E-state index contributed by atoms with van der Waals surface area (Å²) in [5.41, 5.74) is 0.395. The number of carbonyl (C=O) groups is 1. The summed E-state index contributed by atoms with van der Waals surface area (Å²) in [5.74, 6) is -0.718. The zero-order valence-corrected chi connectivity index (χ0v) is 22.0. The number of hydrogen-bond donors (Lipinski definition) is 2. The topological polar surface area (TPSA) is 82.0 Å². The Kier molecular flexibility index (Phi) is 8.90. The number of anilines is 2. The number of rotatable bonds is 10. The molecule has 3 unspecified atom stereocenters. The summed E-state index contributed by atoms with van der Waals surface area (Å²) in [6.07, 6.45) is 4.23. The maximum atomic E-state index is 13.0. The first kappa shape index (κ1) is 26.8. The monoisotopic (exact) mass is 523 g/mol. The third-order valence-corrected chi connectivity index (χ3v) is 9.02. The quantitative estimate of drug-likeness (QED) is 0.245. The minimum atomic E-state index is -1.34. The molecule has 3 atom stereocenters. The van der Waals surface area contributed by atoms with Crippen LogP contribution in [0.4, 0.5) is 11.4 Å². The molecule has 34 heavy (non-hydrogen) atoms. The molecule has 9 heteroatoms. The molecular formula is C25H31Cl2N3O3S. The Bertz CT molecular complexity index is 1020. The van der Waals surface area contributed by atoms with Gasteiger partial charge in [0.05, 0.1) is 20.5 Å². The minimum Gasteiger partial charge on any atom is -0.480 e. The zero-order valence-electron chi connectivity index (χ0n) is 19.7. The average molecular weight is 525 g/mol. The molecule has 1 aliphatic carbocycles. The fraction of sp³-hybridized carbons (Fsp3) is 0.480.